The molecule has 33 heavy (non-hydrogen) atoms. The highest BCUT2D eigenvalue weighted by Crippen LogP contribution is 2.30. The molecule has 0 amide bonds. The fraction of sp³-hybridized carbons (Fsp3) is 0.417. The number of Topliss-reactive ketones (excluding diaryl/α,β-unsaturated/α-hetero) is 1. The van der Waals surface area contributed by atoms with E-state index in [2.05, 4.69) is 14.9 Å². The number of carbonyl (C=O) groups excluding carboxylic acids is 1. The average molecular weight is 486 g/mol. The van der Waals surface area contributed by atoms with Gasteiger partial charge in [0.2, 0.25) is 0 Å². The van der Waals surface area contributed by atoms with Gasteiger partial charge in [-0.25, -0.2) is 4.98 Å². The molecule has 2 atom stereocenters. The van der Waals surface area contributed by atoms with E-state index in [9.17, 15) is 14.7 Å². The molecule has 3 heterocycles. The van der Waals surface area contributed by atoms with Crippen LogP contribution in [0.5, 0.6) is 5.75 Å². The number of carboxylic acids is 1. The van der Waals surface area contributed by atoms with E-state index in [1.165, 1.54) is 0 Å². The van der Waals surface area contributed by atoms with Crippen molar-refractivity contribution in [3.8, 4) is 5.75 Å². The standard InChI is InChI=1S/C24H27N3O4S2/c1-31-17-3-4-21-19(14-17)18(6-8-25-21)22(28)5-2-16-7-10-27(15-20(16)23(29)30)11-13-33-24-26-9-12-32-24/h3-4,6,8-9,12,14,16,20H,2,5,7,10-11,13,15H2,1H3,(H,29,30)/t16-,20+/m0/s1. The van der Waals surface area contributed by atoms with Crippen LogP contribution in [0.1, 0.15) is 29.6 Å². The lowest BCUT2D eigenvalue weighted by Crippen LogP contribution is -2.44. The van der Waals surface area contributed by atoms with Crippen LogP contribution in [-0.4, -0.2) is 64.2 Å². The van der Waals surface area contributed by atoms with Crippen molar-refractivity contribution in [2.75, 3.05) is 32.5 Å². The van der Waals surface area contributed by atoms with Gasteiger partial charge in [-0.3, -0.25) is 14.6 Å². The smallest absolute Gasteiger partial charge is 0.308 e. The number of methoxy groups -OCH3 is 1. The number of thioether (sulfide) groups is 1. The van der Waals surface area contributed by atoms with Crippen LogP contribution < -0.4 is 4.74 Å². The van der Waals surface area contributed by atoms with Crippen LogP contribution in [0.25, 0.3) is 10.9 Å². The highest BCUT2D eigenvalue weighted by atomic mass is 32.2. The summed E-state index contributed by atoms with van der Waals surface area (Å²) in [6, 6.07) is 7.23. The first-order chi connectivity index (χ1) is 16.0. The van der Waals surface area contributed by atoms with Gasteiger partial charge >= 0.3 is 5.97 Å². The summed E-state index contributed by atoms with van der Waals surface area (Å²) in [6.45, 7) is 2.23. The maximum Gasteiger partial charge on any atom is 0.308 e. The third kappa shape index (κ3) is 5.90. The van der Waals surface area contributed by atoms with Crippen molar-refractivity contribution in [3.63, 3.8) is 0 Å². The van der Waals surface area contributed by atoms with Crippen molar-refractivity contribution in [3.05, 3.63) is 47.6 Å². The number of rotatable bonds is 10. The number of piperidine rings is 1. The number of hydrogen-bond acceptors (Lipinski definition) is 8. The lowest BCUT2D eigenvalue weighted by atomic mass is 9.81. The molecule has 3 aromatic rings. The third-order valence-corrected chi connectivity index (χ3v) is 8.14. The van der Waals surface area contributed by atoms with E-state index in [1.807, 2.05) is 23.6 Å². The number of nitrogens with zero attached hydrogens (tertiary/aromatic N) is 3. The predicted molar refractivity (Wildman–Crippen MR) is 130 cm³/mol. The van der Waals surface area contributed by atoms with Crippen LogP contribution >= 0.6 is 23.1 Å². The number of carboxylic acid groups (broad SMARTS) is 1. The number of fused-ring (bicyclic) bond motifs is 1. The second-order valence-corrected chi connectivity index (χ2v) is 10.4. The zero-order valence-electron chi connectivity index (χ0n) is 18.5. The van der Waals surface area contributed by atoms with Crippen LogP contribution in [0.3, 0.4) is 0 Å². The number of benzene rings is 1. The first-order valence-corrected chi connectivity index (χ1v) is 12.8. The number of aliphatic carboxylic acids is 1. The normalized spacial score (nSPS) is 18.9. The topological polar surface area (TPSA) is 92.6 Å². The van der Waals surface area contributed by atoms with Gasteiger partial charge in [0.05, 0.1) is 18.5 Å². The Morgan fingerprint density at radius 3 is 2.91 bits per heavy atom. The summed E-state index contributed by atoms with van der Waals surface area (Å²) in [6.07, 6.45) is 5.13. The average Bonchev–Trinajstić information content (AvgIpc) is 3.35. The van der Waals surface area contributed by atoms with Gasteiger partial charge in [0.25, 0.3) is 0 Å². The molecule has 7 nitrogen and oxygen atoms in total. The Hall–Kier alpha value is -2.49. The Balaban J connectivity index is 1.35. The van der Waals surface area contributed by atoms with E-state index in [0.29, 0.717) is 30.7 Å². The molecule has 0 aliphatic carbocycles. The zero-order valence-corrected chi connectivity index (χ0v) is 20.1. The van der Waals surface area contributed by atoms with Gasteiger partial charge in [-0.2, -0.15) is 0 Å². The van der Waals surface area contributed by atoms with E-state index in [0.717, 1.165) is 40.5 Å². The largest absolute Gasteiger partial charge is 0.497 e. The van der Waals surface area contributed by atoms with E-state index in [4.69, 9.17) is 4.74 Å². The Bertz CT molecular complexity index is 1110. The molecule has 2 aromatic heterocycles. The van der Waals surface area contributed by atoms with Gasteiger partial charge in [0.15, 0.2) is 5.78 Å². The lowest BCUT2D eigenvalue weighted by molar-refractivity contribution is -0.146. The molecule has 9 heteroatoms. The molecule has 1 aliphatic heterocycles. The number of aromatic nitrogens is 2. The van der Waals surface area contributed by atoms with Gasteiger partial charge < -0.3 is 14.7 Å². The van der Waals surface area contributed by atoms with Gasteiger partial charge in [-0.1, -0.05) is 11.8 Å². The lowest BCUT2D eigenvalue weighted by Gasteiger charge is -2.36. The highest BCUT2D eigenvalue weighted by Gasteiger charge is 2.34. The van der Waals surface area contributed by atoms with Gasteiger partial charge in [-0.15, -0.1) is 11.3 Å². The van der Waals surface area contributed by atoms with E-state index < -0.39 is 11.9 Å². The summed E-state index contributed by atoms with van der Waals surface area (Å²) >= 11 is 3.33. The second-order valence-electron chi connectivity index (χ2n) is 8.14. The Morgan fingerprint density at radius 1 is 1.27 bits per heavy atom. The van der Waals surface area contributed by atoms with Crippen molar-refractivity contribution < 1.29 is 19.4 Å². The monoisotopic (exact) mass is 485 g/mol. The predicted octanol–water partition coefficient (Wildman–Crippen LogP) is 4.48. The molecule has 1 fully saturated rings. The summed E-state index contributed by atoms with van der Waals surface area (Å²) in [5, 5.41) is 12.6. The van der Waals surface area contributed by atoms with Crippen molar-refractivity contribution in [1.29, 1.82) is 0 Å². The molecular formula is C24H27N3O4S2. The quantitative estimate of drug-likeness (QED) is 0.332. The molecule has 1 saturated heterocycles. The van der Waals surface area contributed by atoms with Crippen molar-refractivity contribution >= 4 is 45.8 Å². The molecular weight excluding hydrogens is 458 g/mol. The first-order valence-electron chi connectivity index (χ1n) is 11.0. The maximum atomic E-state index is 13.1. The molecule has 0 bridgehead atoms. The number of pyridine rings is 1. The summed E-state index contributed by atoms with van der Waals surface area (Å²) in [5.41, 5.74) is 1.36. The van der Waals surface area contributed by atoms with Crippen LogP contribution in [0.4, 0.5) is 0 Å². The Morgan fingerprint density at radius 2 is 2.15 bits per heavy atom. The summed E-state index contributed by atoms with van der Waals surface area (Å²) in [4.78, 5) is 35.9. The molecule has 0 saturated carbocycles. The van der Waals surface area contributed by atoms with Gasteiger partial charge in [0.1, 0.15) is 10.1 Å². The molecule has 1 aromatic carbocycles. The molecule has 0 radical (unpaired) electrons. The minimum Gasteiger partial charge on any atom is -0.497 e. The molecule has 1 aliphatic rings. The second kappa shape index (κ2) is 11.1. The number of hydrogen-bond donors (Lipinski definition) is 1. The van der Waals surface area contributed by atoms with Crippen LogP contribution in [0, 0.1) is 11.8 Å². The molecule has 1 N–H and O–H groups in total. The summed E-state index contributed by atoms with van der Waals surface area (Å²) in [5.74, 6) is 0.353. The van der Waals surface area contributed by atoms with Crippen LogP contribution in [0.15, 0.2) is 46.4 Å². The van der Waals surface area contributed by atoms with Crippen molar-refractivity contribution in [1.82, 2.24) is 14.9 Å². The minimum atomic E-state index is -0.774. The van der Waals surface area contributed by atoms with Gasteiger partial charge in [-0.05, 0) is 49.6 Å². The first kappa shape index (κ1) is 23.7. The summed E-state index contributed by atoms with van der Waals surface area (Å²) in [7, 11) is 1.59. The number of carbonyl (C=O) groups is 2. The van der Waals surface area contributed by atoms with E-state index >= 15 is 0 Å². The fourth-order valence-corrected chi connectivity index (χ4v) is 6.09. The number of thiazole rings is 1. The molecule has 174 valence electrons. The van der Waals surface area contributed by atoms with E-state index in [1.54, 1.807) is 48.7 Å². The zero-order chi connectivity index (χ0) is 23.2. The molecule has 0 unspecified atom stereocenters. The van der Waals surface area contributed by atoms with Crippen molar-refractivity contribution in [2.24, 2.45) is 11.8 Å². The number of ketones is 1. The van der Waals surface area contributed by atoms with Crippen molar-refractivity contribution in [2.45, 2.75) is 23.6 Å². The highest BCUT2D eigenvalue weighted by molar-refractivity contribution is 8.01. The van der Waals surface area contributed by atoms with Crippen LogP contribution in [-0.2, 0) is 4.79 Å². The molecule has 0 spiro atoms. The SMILES string of the molecule is COc1ccc2nccc(C(=O)CC[C@H]3CCN(CCSc4nccs4)C[C@H]3C(=O)O)c2c1. The fourth-order valence-electron chi connectivity index (χ4n) is 4.39. The Kier molecular flexibility index (Phi) is 7.95. The summed E-state index contributed by atoms with van der Waals surface area (Å²) < 4.78 is 6.34. The van der Waals surface area contributed by atoms with Crippen LogP contribution in [0.2, 0.25) is 0 Å². The number of likely N-dealkylation sites (tertiary alicyclic amines) is 1. The molecule has 4 rings (SSSR count). The minimum absolute atomic E-state index is 0.00282. The third-order valence-electron chi connectivity index (χ3n) is 6.19. The Labute approximate surface area is 201 Å². The van der Waals surface area contributed by atoms with E-state index in [-0.39, 0.29) is 11.7 Å². The number of ether oxygens (including phenoxy) is 1. The maximum absolute atomic E-state index is 13.1. The van der Waals surface area contributed by atoms with Gasteiger partial charge in [0, 0.05) is 54.0 Å².